The van der Waals surface area contributed by atoms with Crippen LogP contribution in [0.25, 0.3) is 0 Å². The van der Waals surface area contributed by atoms with Crippen molar-refractivity contribution < 1.29 is 0 Å². The van der Waals surface area contributed by atoms with E-state index < -0.39 is 0 Å². The van der Waals surface area contributed by atoms with Crippen molar-refractivity contribution in [1.29, 1.82) is 0 Å². The maximum absolute atomic E-state index is 3.57. The first kappa shape index (κ1) is 15.8. The van der Waals surface area contributed by atoms with Crippen molar-refractivity contribution in [2.45, 2.75) is 39.2 Å². The highest BCUT2D eigenvalue weighted by Gasteiger charge is 2.28. The van der Waals surface area contributed by atoms with E-state index in [0.29, 0.717) is 17.9 Å². The second kappa shape index (κ2) is 7.42. The molecule has 2 aromatic carbocycles. The molecule has 0 fully saturated rings. The predicted octanol–water partition coefficient (Wildman–Crippen LogP) is 5.09. The molecule has 21 heavy (non-hydrogen) atoms. The van der Waals surface area contributed by atoms with Crippen molar-refractivity contribution in [1.82, 2.24) is 5.32 Å². The molecule has 0 saturated carbocycles. The van der Waals surface area contributed by atoms with E-state index in [2.05, 4.69) is 87.7 Å². The highest BCUT2D eigenvalue weighted by atomic mass is 14.9. The Morgan fingerprint density at radius 1 is 0.952 bits per heavy atom. The summed E-state index contributed by atoms with van der Waals surface area (Å²) in [5, 5.41) is 3.57. The van der Waals surface area contributed by atoms with Gasteiger partial charge >= 0.3 is 0 Å². The van der Waals surface area contributed by atoms with Crippen LogP contribution >= 0.6 is 0 Å². The fourth-order valence-corrected chi connectivity index (χ4v) is 3.24. The Bertz CT molecular complexity index is 547. The van der Waals surface area contributed by atoms with Gasteiger partial charge in [-0.15, -0.1) is 0 Å². The summed E-state index contributed by atoms with van der Waals surface area (Å²) >= 11 is 0. The summed E-state index contributed by atoms with van der Waals surface area (Å²) in [4.78, 5) is 0. The topological polar surface area (TPSA) is 12.0 Å². The van der Waals surface area contributed by atoms with E-state index in [4.69, 9.17) is 0 Å². The van der Waals surface area contributed by atoms with Crippen LogP contribution < -0.4 is 5.32 Å². The van der Waals surface area contributed by atoms with E-state index in [0.717, 1.165) is 0 Å². The molecule has 0 bridgehead atoms. The zero-order chi connectivity index (χ0) is 15.2. The second-order valence-corrected chi connectivity index (χ2v) is 5.94. The fourth-order valence-electron chi connectivity index (χ4n) is 3.24. The van der Waals surface area contributed by atoms with E-state index in [-0.39, 0.29) is 0 Å². The average molecular weight is 281 g/mol. The van der Waals surface area contributed by atoms with Crippen LogP contribution in [-0.2, 0) is 0 Å². The highest BCUT2D eigenvalue weighted by molar-refractivity contribution is 5.33. The van der Waals surface area contributed by atoms with Gasteiger partial charge in [-0.3, -0.25) is 0 Å². The zero-order valence-electron chi connectivity index (χ0n) is 13.6. The summed E-state index contributed by atoms with van der Waals surface area (Å²) in [6, 6.07) is 20.0. The average Bonchev–Trinajstić information content (AvgIpc) is 2.53. The Morgan fingerprint density at radius 3 is 2.14 bits per heavy atom. The number of rotatable bonds is 6. The molecule has 0 radical (unpaired) electrons. The van der Waals surface area contributed by atoms with Crippen molar-refractivity contribution in [3.8, 4) is 0 Å². The monoisotopic (exact) mass is 281 g/mol. The summed E-state index contributed by atoms with van der Waals surface area (Å²) in [5.41, 5.74) is 4.20. The maximum Gasteiger partial charge on any atom is 0.0392 e. The van der Waals surface area contributed by atoms with Crippen LogP contribution in [0, 0.1) is 12.8 Å². The Kier molecular flexibility index (Phi) is 5.58. The van der Waals surface area contributed by atoms with E-state index in [1.165, 1.54) is 23.1 Å². The van der Waals surface area contributed by atoms with Gasteiger partial charge in [-0.2, -0.15) is 0 Å². The molecule has 0 aliphatic rings. The third-order valence-electron chi connectivity index (χ3n) is 4.64. The van der Waals surface area contributed by atoms with Gasteiger partial charge in [-0.1, -0.05) is 74.9 Å². The minimum absolute atomic E-state index is 0.351. The lowest BCUT2D eigenvalue weighted by molar-refractivity contribution is 0.353. The molecule has 1 N–H and O–H groups in total. The molecule has 0 spiro atoms. The van der Waals surface area contributed by atoms with Crippen LogP contribution in [0.15, 0.2) is 54.6 Å². The molecule has 1 heteroatoms. The highest BCUT2D eigenvalue weighted by Crippen LogP contribution is 2.39. The molecular weight excluding hydrogens is 254 g/mol. The minimum atomic E-state index is 0.351. The maximum atomic E-state index is 3.57. The molecule has 0 saturated heterocycles. The Morgan fingerprint density at radius 2 is 1.57 bits per heavy atom. The van der Waals surface area contributed by atoms with Crippen molar-refractivity contribution >= 4 is 0 Å². The van der Waals surface area contributed by atoms with Crippen molar-refractivity contribution in [3.05, 3.63) is 71.3 Å². The first-order valence-corrected chi connectivity index (χ1v) is 7.96. The quantitative estimate of drug-likeness (QED) is 0.778. The number of aryl methyl sites for hydroxylation is 1. The lowest BCUT2D eigenvalue weighted by Crippen LogP contribution is -2.28. The van der Waals surface area contributed by atoms with Crippen LogP contribution in [0.2, 0.25) is 0 Å². The first-order chi connectivity index (χ1) is 10.2. The number of hydrogen-bond acceptors (Lipinski definition) is 1. The van der Waals surface area contributed by atoms with Gasteiger partial charge < -0.3 is 5.32 Å². The molecule has 112 valence electrons. The standard InChI is InChI=1S/C20H27N/c1-5-15(2)19(17-12-7-6-8-13-17)20(21-4)18-14-10-9-11-16(18)3/h6-15,19-21H,5H2,1-4H3. The van der Waals surface area contributed by atoms with Gasteiger partial charge in [0.25, 0.3) is 0 Å². The molecule has 0 heterocycles. The summed E-state index contributed by atoms with van der Waals surface area (Å²) in [7, 11) is 2.08. The van der Waals surface area contributed by atoms with Crippen LogP contribution in [0.1, 0.15) is 48.9 Å². The zero-order valence-corrected chi connectivity index (χ0v) is 13.6. The van der Waals surface area contributed by atoms with Crippen molar-refractivity contribution in [2.75, 3.05) is 7.05 Å². The second-order valence-electron chi connectivity index (χ2n) is 5.94. The molecule has 2 rings (SSSR count). The Balaban J connectivity index is 2.46. The molecule has 1 nitrogen and oxygen atoms in total. The normalized spacial score (nSPS) is 15.4. The molecule has 3 unspecified atom stereocenters. The number of benzene rings is 2. The number of hydrogen-bond donors (Lipinski definition) is 1. The third kappa shape index (κ3) is 3.54. The SMILES string of the molecule is CCC(C)C(c1ccccc1)C(NC)c1ccccc1C. The third-order valence-corrected chi connectivity index (χ3v) is 4.64. The smallest absolute Gasteiger partial charge is 0.0392 e. The largest absolute Gasteiger partial charge is 0.312 e. The van der Waals surface area contributed by atoms with Crippen LogP contribution in [0.4, 0.5) is 0 Å². The van der Waals surface area contributed by atoms with Crippen molar-refractivity contribution in [2.24, 2.45) is 5.92 Å². The van der Waals surface area contributed by atoms with Crippen LogP contribution in [-0.4, -0.2) is 7.05 Å². The predicted molar refractivity (Wildman–Crippen MR) is 91.6 cm³/mol. The van der Waals surface area contributed by atoms with Gasteiger partial charge in [0.1, 0.15) is 0 Å². The number of likely N-dealkylation sites (N-methyl/N-ethyl adjacent to an activating group) is 1. The van der Waals surface area contributed by atoms with Gasteiger partial charge in [0.2, 0.25) is 0 Å². The van der Waals surface area contributed by atoms with E-state index in [9.17, 15) is 0 Å². The van der Waals surface area contributed by atoms with E-state index >= 15 is 0 Å². The van der Waals surface area contributed by atoms with Gasteiger partial charge in [0, 0.05) is 12.0 Å². The molecule has 2 aromatic rings. The molecule has 0 amide bonds. The first-order valence-electron chi connectivity index (χ1n) is 7.96. The summed E-state index contributed by atoms with van der Waals surface area (Å²) in [6.07, 6.45) is 1.18. The van der Waals surface area contributed by atoms with E-state index in [1.54, 1.807) is 0 Å². The molecule has 3 atom stereocenters. The Labute approximate surface area is 129 Å². The van der Waals surface area contributed by atoms with E-state index in [1.807, 2.05) is 0 Å². The van der Waals surface area contributed by atoms with Crippen LogP contribution in [0.3, 0.4) is 0 Å². The van der Waals surface area contributed by atoms with Crippen LogP contribution in [0.5, 0.6) is 0 Å². The molecular formula is C20H27N. The summed E-state index contributed by atoms with van der Waals surface area (Å²) < 4.78 is 0. The lowest BCUT2D eigenvalue weighted by Gasteiger charge is -2.33. The van der Waals surface area contributed by atoms with Gasteiger partial charge in [0.15, 0.2) is 0 Å². The number of nitrogens with one attached hydrogen (secondary N) is 1. The van der Waals surface area contributed by atoms with Gasteiger partial charge in [-0.25, -0.2) is 0 Å². The Hall–Kier alpha value is -1.60. The van der Waals surface area contributed by atoms with Gasteiger partial charge in [-0.05, 0) is 36.6 Å². The summed E-state index contributed by atoms with van der Waals surface area (Å²) in [6.45, 7) is 6.85. The molecule has 0 aromatic heterocycles. The molecule has 0 aliphatic heterocycles. The molecule has 0 aliphatic carbocycles. The minimum Gasteiger partial charge on any atom is -0.312 e. The summed E-state index contributed by atoms with van der Waals surface area (Å²) in [5.74, 6) is 1.12. The lowest BCUT2D eigenvalue weighted by atomic mass is 9.77. The fraction of sp³-hybridized carbons (Fsp3) is 0.400. The van der Waals surface area contributed by atoms with Crippen molar-refractivity contribution in [3.63, 3.8) is 0 Å². The van der Waals surface area contributed by atoms with Gasteiger partial charge in [0.05, 0.1) is 0 Å².